The number of hydrogen-bond acceptors (Lipinski definition) is 4. The van der Waals surface area contributed by atoms with Crippen molar-refractivity contribution < 1.29 is 9.53 Å². The summed E-state index contributed by atoms with van der Waals surface area (Å²) in [5.41, 5.74) is 3.19. The van der Waals surface area contributed by atoms with Gasteiger partial charge in [0.15, 0.2) is 5.69 Å². The molecule has 1 aliphatic rings. The molecule has 1 fully saturated rings. The number of hydrogen-bond donors (Lipinski definition) is 1. The van der Waals surface area contributed by atoms with Crippen LogP contribution in [-0.4, -0.2) is 34.6 Å². The Morgan fingerprint density at radius 2 is 1.96 bits per heavy atom. The largest absolute Gasteiger partial charge is 0.497 e. The maximum atomic E-state index is 12.8. The number of amides is 1. The fourth-order valence-corrected chi connectivity index (χ4v) is 3.82. The maximum absolute atomic E-state index is 12.8. The van der Waals surface area contributed by atoms with Gasteiger partial charge in [-0.3, -0.25) is 4.79 Å². The predicted octanol–water partition coefficient (Wildman–Crippen LogP) is 3.44. The first-order valence-corrected chi connectivity index (χ1v) is 9.53. The van der Waals surface area contributed by atoms with Crippen molar-refractivity contribution in [2.45, 2.75) is 31.6 Å². The summed E-state index contributed by atoms with van der Waals surface area (Å²) in [5, 5.41) is 11.4. The second-order valence-electron chi connectivity index (χ2n) is 7.32. The van der Waals surface area contributed by atoms with Gasteiger partial charge < -0.3 is 10.1 Å². The molecule has 1 saturated carbocycles. The highest BCUT2D eigenvalue weighted by molar-refractivity contribution is 5.93. The Hall–Kier alpha value is -3.15. The van der Waals surface area contributed by atoms with Crippen LogP contribution < -0.4 is 10.1 Å². The summed E-state index contributed by atoms with van der Waals surface area (Å²) in [6.45, 7) is 2.46. The first-order valence-electron chi connectivity index (χ1n) is 9.53. The van der Waals surface area contributed by atoms with Crippen LogP contribution in [0.15, 0.2) is 54.6 Å². The average Bonchev–Trinajstić information content (AvgIpc) is 3.09. The molecule has 0 spiro atoms. The summed E-state index contributed by atoms with van der Waals surface area (Å²) in [6, 6.07) is 18.0. The minimum Gasteiger partial charge on any atom is -0.497 e. The van der Waals surface area contributed by atoms with E-state index in [0.717, 1.165) is 24.3 Å². The lowest BCUT2D eigenvalue weighted by Crippen LogP contribution is -2.45. The van der Waals surface area contributed by atoms with Crippen molar-refractivity contribution in [3.05, 3.63) is 71.5 Å². The molecule has 0 saturated heterocycles. The molecule has 0 bridgehead atoms. The molecular formula is C22H24N4O2. The van der Waals surface area contributed by atoms with E-state index in [0.29, 0.717) is 17.9 Å². The van der Waals surface area contributed by atoms with Gasteiger partial charge in [-0.2, -0.15) is 0 Å². The number of aromatic nitrogens is 3. The minimum absolute atomic E-state index is 0.0353. The highest BCUT2D eigenvalue weighted by atomic mass is 16.5. The number of methoxy groups -OCH3 is 1. The number of rotatable bonds is 6. The second-order valence-corrected chi connectivity index (χ2v) is 7.32. The quantitative estimate of drug-likeness (QED) is 0.716. The van der Waals surface area contributed by atoms with E-state index < -0.39 is 0 Å². The van der Waals surface area contributed by atoms with E-state index in [1.807, 2.05) is 37.3 Å². The molecule has 1 amide bonds. The molecule has 0 unspecified atom stereocenters. The van der Waals surface area contributed by atoms with Crippen LogP contribution in [0.5, 0.6) is 5.75 Å². The van der Waals surface area contributed by atoms with E-state index in [1.165, 1.54) is 12.0 Å². The van der Waals surface area contributed by atoms with Gasteiger partial charge >= 0.3 is 0 Å². The molecule has 28 heavy (non-hydrogen) atoms. The Morgan fingerprint density at radius 1 is 1.18 bits per heavy atom. The third-order valence-corrected chi connectivity index (χ3v) is 5.69. The van der Waals surface area contributed by atoms with E-state index in [2.05, 4.69) is 39.9 Å². The van der Waals surface area contributed by atoms with Crippen molar-refractivity contribution in [2.75, 3.05) is 13.7 Å². The molecule has 1 aromatic heterocycles. The first kappa shape index (κ1) is 18.2. The van der Waals surface area contributed by atoms with E-state index >= 15 is 0 Å². The van der Waals surface area contributed by atoms with Crippen molar-refractivity contribution >= 4 is 5.91 Å². The number of ether oxygens (including phenoxy) is 1. The summed E-state index contributed by atoms with van der Waals surface area (Å²) >= 11 is 0. The summed E-state index contributed by atoms with van der Waals surface area (Å²) in [7, 11) is 1.62. The molecule has 0 aliphatic heterocycles. The maximum Gasteiger partial charge on any atom is 0.273 e. The van der Waals surface area contributed by atoms with Crippen molar-refractivity contribution in [3.8, 4) is 11.4 Å². The van der Waals surface area contributed by atoms with E-state index in [-0.39, 0.29) is 11.3 Å². The topological polar surface area (TPSA) is 69.0 Å². The molecule has 0 radical (unpaired) electrons. The molecule has 1 aliphatic carbocycles. The molecule has 3 aromatic rings. The second kappa shape index (κ2) is 7.46. The van der Waals surface area contributed by atoms with E-state index in [9.17, 15) is 4.79 Å². The van der Waals surface area contributed by atoms with E-state index in [1.54, 1.807) is 11.8 Å². The Kier molecular flexibility index (Phi) is 4.86. The zero-order valence-corrected chi connectivity index (χ0v) is 16.2. The molecule has 6 nitrogen and oxygen atoms in total. The molecule has 1 N–H and O–H groups in total. The van der Waals surface area contributed by atoms with Gasteiger partial charge in [0.1, 0.15) is 5.75 Å². The number of nitrogens with zero attached hydrogens (tertiary/aromatic N) is 3. The average molecular weight is 376 g/mol. The third-order valence-electron chi connectivity index (χ3n) is 5.69. The first-order chi connectivity index (χ1) is 13.6. The molecule has 4 rings (SSSR count). The van der Waals surface area contributed by atoms with Gasteiger partial charge in [0.2, 0.25) is 0 Å². The van der Waals surface area contributed by atoms with Gasteiger partial charge in [-0.15, -0.1) is 5.10 Å². The van der Waals surface area contributed by atoms with Crippen LogP contribution >= 0.6 is 0 Å². The Bertz CT molecular complexity index is 977. The Labute approximate surface area is 164 Å². The summed E-state index contributed by atoms with van der Waals surface area (Å²) in [5.74, 6) is 0.544. The predicted molar refractivity (Wildman–Crippen MR) is 107 cm³/mol. The fourth-order valence-electron chi connectivity index (χ4n) is 3.82. The van der Waals surface area contributed by atoms with Gasteiger partial charge in [-0.25, -0.2) is 4.68 Å². The SMILES string of the molecule is COc1cccc(-n2nnc(C(=O)NCC3(c4ccccc4)CCC3)c2C)c1. The van der Waals surface area contributed by atoms with Gasteiger partial charge in [-0.1, -0.05) is 48.0 Å². The monoisotopic (exact) mass is 376 g/mol. The molecule has 2 aromatic carbocycles. The number of carbonyl (C=O) groups is 1. The third kappa shape index (κ3) is 3.26. The van der Waals surface area contributed by atoms with Gasteiger partial charge in [-0.05, 0) is 37.5 Å². The Morgan fingerprint density at radius 3 is 2.64 bits per heavy atom. The van der Waals surface area contributed by atoms with Crippen molar-refractivity contribution in [1.82, 2.24) is 20.3 Å². The fraction of sp³-hybridized carbons (Fsp3) is 0.318. The van der Waals surface area contributed by atoms with Crippen LogP contribution in [0, 0.1) is 6.92 Å². The molecule has 0 atom stereocenters. The zero-order valence-electron chi connectivity index (χ0n) is 16.2. The van der Waals surface area contributed by atoms with Crippen LogP contribution in [0.2, 0.25) is 0 Å². The van der Waals surface area contributed by atoms with Crippen LogP contribution in [0.25, 0.3) is 5.69 Å². The van der Waals surface area contributed by atoms with Crippen molar-refractivity contribution in [1.29, 1.82) is 0 Å². The smallest absolute Gasteiger partial charge is 0.273 e. The standard InChI is InChI=1S/C22H24N4O2/c1-16-20(24-25-26(16)18-10-6-11-19(14-18)28-2)21(27)23-15-22(12-7-13-22)17-8-4-3-5-9-17/h3-6,8-11,14H,7,12-13,15H2,1-2H3,(H,23,27). The van der Waals surface area contributed by atoms with Crippen molar-refractivity contribution in [2.24, 2.45) is 0 Å². The Balaban J connectivity index is 1.51. The highest BCUT2D eigenvalue weighted by Crippen LogP contribution is 2.43. The van der Waals surface area contributed by atoms with Gasteiger partial charge in [0, 0.05) is 18.0 Å². The lowest BCUT2D eigenvalue weighted by atomic mass is 9.64. The molecule has 6 heteroatoms. The summed E-state index contributed by atoms with van der Waals surface area (Å²) < 4.78 is 6.93. The number of benzene rings is 2. The van der Waals surface area contributed by atoms with Gasteiger partial charge in [0.05, 0.1) is 18.5 Å². The lowest BCUT2D eigenvalue weighted by Gasteiger charge is -2.42. The van der Waals surface area contributed by atoms with Crippen LogP contribution in [-0.2, 0) is 5.41 Å². The lowest BCUT2D eigenvalue weighted by molar-refractivity contribution is 0.0922. The highest BCUT2D eigenvalue weighted by Gasteiger charge is 2.39. The molecule has 1 heterocycles. The van der Waals surface area contributed by atoms with Gasteiger partial charge in [0.25, 0.3) is 5.91 Å². The number of carbonyl (C=O) groups excluding carboxylic acids is 1. The molecule has 144 valence electrons. The van der Waals surface area contributed by atoms with Crippen LogP contribution in [0.4, 0.5) is 0 Å². The summed E-state index contributed by atoms with van der Waals surface area (Å²) in [4.78, 5) is 12.8. The zero-order chi connectivity index (χ0) is 19.6. The van der Waals surface area contributed by atoms with E-state index in [4.69, 9.17) is 4.74 Å². The van der Waals surface area contributed by atoms with Crippen molar-refractivity contribution in [3.63, 3.8) is 0 Å². The normalized spacial score (nSPS) is 14.9. The van der Waals surface area contributed by atoms with Crippen LogP contribution in [0.3, 0.4) is 0 Å². The summed E-state index contributed by atoms with van der Waals surface area (Å²) in [6.07, 6.45) is 3.37. The minimum atomic E-state index is -0.186. The molecular weight excluding hydrogens is 352 g/mol. The van der Waals surface area contributed by atoms with Crippen LogP contribution in [0.1, 0.15) is 41.0 Å². The number of nitrogens with one attached hydrogen (secondary N) is 1.